The molecular formula is C22H31N3O2S. The largest absolute Gasteiger partial charge is 0.355 e. The molecule has 28 heavy (non-hydrogen) atoms. The molecule has 3 atom stereocenters. The molecule has 0 radical (unpaired) electrons. The maximum Gasteiger partial charge on any atom is 0.262 e. The Morgan fingerprint density at radius 1 is 1.29 bits per heavy atom. The summed E-state index contributed by atoms with van der Waals surface area (Å²) in [6.45, 7) is 9.31. The van der Waals surface area contributed by atoms with Gasteiger partial charge in [-0.1, -0.05) is 64.4 Å². The average molecular weight is 402 g/mol. The lowest BCUT2D eigenvalue weighted by molar-refractivity contribution is -0.118. The molecule has 1 fully saturated rings. The highest BCUT2D eigenvalue weighted by molar-refractivity contribution is 7.99. The molecule has 6 heteroatoms. The number of benzene rings is 1. The van der Waals surface area contributed by atoms with Crippen LogP contribution in [0.2, 0.25) is 0 Å². The Morgan fingerprint density at radius 2 is 2.04 bits per heavy atom. The predicted octanol–water partition coefficient (Wildman–Crippen LogP) is 4.26. The molecule has 0 aliphatic heterocycles. The normalized spacial score (nSPS) is 22.5. The van der Waals surface area contributed by atoms with Crippen molar-refractivity contribution in [2.75, 3.05) is 12.3 Å². The zero-order valence-electron chi connectivity index (χ0n) is 17.3. The summed E-state index contributed by atoms with van der Waals surface area (Å²) < 4.78 is 1.88. The highest BCUT2D eigenvalue weighted by Gasteiger charge is 2.31. The number of fused-ring (bicyclic) bond motifs is 1. The number of aromatic nitrogens is 2. The van der Waals surface area contributed by atoms with Gasteiger partial charge in [0.25, 0.3) is 5.56 Å². The molecule has 0 unspecified atom stereocenters. The van der Waals surface area contributed by atoms with Gasteiger partial charge in [0.15, 0.2) is 5.16 Å². The van der Waals surface area contributed by atoms with E-state index >= 15 is 0 Å². The topological polar surface area (TPSA) is 64.0 Å². The van der Waals surface area contributed by atoms with Crippen LogP contribution in [-0.2, 0) is 4.79 Å². The molecule has 1 aromatic carbocycles. The Bertz CT molecular complexity index is 893. The number of hydrogen-bond acceptors (Lipinski definition) is 4. The number of rotatable bonds is 6. The quantitative estimate of drug-likeness (QED) is 0.580. The maximum absolute atomic E-state index is 13.4. The van der Waals surface area contributed by atoms with Crippen LogP contribution in [0.4, 0.5) is 0 Å². The van der Waals surface area contributed by atoms with Crippen molar-refractivity contribution in [1.82, 2.24) is 14.9 Å². The van der Waals surface area contributed by atoms with Crippen molar-refractivity contribution in [2.24, 2.45) is 17.8 Å². The molecule has 5 nitrogen and oxygen atoms in total. The van der Waals surface area contributed by atoms with Crippen LogP contribution in [0.5, 0.6) is 0 Å². The molecule has 1 aromatic heterocycles. The van der Waals surface area contributed by atoms with E-state index in [1.165, 1.54) is 18.2 Å². The molecule has 1 aliphatic rings. The van der Waals surface area contributed by atoms with Crippen molar-refractivity contribution in [3.63, 3.8) is 0 Å². The number of nitrogens with zero attached hydrogens (tertiary/aromatic N) is 2. The predicted molar refractivity (Wildman–Crippen MR) is 116 cm³/mol. The molecule has 2 aromatic rings. The summed E-state index contributed by atoms with van der Waals surface area (Å²) in [4.78, 5) is 30.4. The second-order valence-electron chi connectivity index (χ2n) is 8.41. The minimum Gasteiger partial charge on any atom is -0.355 e. The van der Waals surface area contributed by atoms with Gasteiger partial charge in [0.2, 0.25) is 5.91 Å². The Hall–Kier alpha value is -1.82. The van der Waals surface area contributed by atoms with Crippen molar-refractivity contribution < 1.29 is 4.79 Å². The lowest BCUT2D eigenvalue weighted by atomic mass is 9.78. The van der Waals surface area contributed by atoms with Crippen LogP contribution in [-0.4, -0.2) is 27.8 Å². The summed E-state index contributed by atoms with van der Waals surface area (Å²) in [7, 11) is 0. The van der Waals surface area contributed by atoms with Crippen molar-refractivity contribution >= 4 is 28.6 Å². The summed E-state index contributed by atoms with van der Waals surface area (Å²) in [5, 5.41) is 4.26. The van der Waals surface area contributed by atoms with E-state index in [9.17, 15) is 9.59 Å². The van der Waals surface area contributed by atoms with Crippen molar-refractivity contribution in [3.8, 4) is 0 Å². The van der Waals surface area contributed by atoms with Gasteiger partial charge >= 0.3 is 0 Å². The Balaban J connectivity index is 1.95. The Morgan fingerprint density at radius 3 is 2.79 bits per heavy atom. The lowest BCUT2D eigenvalue weighted by Gasteiger charge is -2.36. The number of carbonyl (C=O) groups is 1. The third kappa shape index (κ3) is 4.59. The van der Waals surface area contributed by atoms with Crippen LogP contribution in [0, 0.1) is 17.8 Å². The smallest absolute Gasteiger partial charge is 0.262 e. The molecule has 3 rings (SSSR count). The van der Waals surface area contributed by atoms with Gasteiger partial charge in [-0.05, 0) is 36.3 Å². The number of carbonyl (C=O) groups excluding carboxylic acids is 1. The van der Waals surface area contributed by atoms with Gasteiger partial charge < -0.3 is 5.32 Å². The first-order chi connectivity index (χ1) is 13.4. The average Bonchev–Trinajstić information content (AvgIpc) is 2.67. The Kier molecular flexibility index (Phi) is 6.81. The van der Waals surface area contributed by atoms with Crippen LogP contribution in [0.1, 0.15) is 53.0 Å². The van der Waals surface area contributed by atoms with E-state index in [1.54, 1.807) is 0 Å². The molecule has 0 saturated heterocycles. The van der Waals surface area contributed by atoms with Gasteiger partial charge in [-0.15, -0.1) is 0 Å². The maximum atomic E-state index is 13.4. The van der Waals surface area contributed by atoms with E-state index in [2.05, 4.69) is 33.0 Å². The molecule has 1 amide bonds. The van der Waals surface area contributed by atoms with Gasteiger partial charge in [0.1, 0.15) is 0 Å². The van der Waals surface area contributed by atoms with E-state index in [1.807, 2.05) is 28.8 Å². The molecule has 1 N–H and O–H groups in total. The fourth-order valence-electron chi connectivity index (χ4n) is 3.94. The molecule has 1 aliphatic carbocycles. The first-order valence-corrected chi connectivity index (χ1v) is 11.3. The van der Waals surface area contributed by atoms with Crippen LogP contribution < -0.4 is 10.9 Å². The third-order valence-electron chi connectivity index (χ3n) is 5.81. The molecule has 0 spiro atoms. The van der Waals surface area contributed by atoms with E-state index in [0.717, 1.165) is 12.8 Å². The number of nitrogens with one attached hydrogen (secondary N) is 1. The Labute approximate surface area is 171 Å². The molecular weight excluding hydrogens is 370 g/mol. The van der Waals surface area contributed by atoms with Gasteiger partial charge in [0.05, 0.1) is 16.7 Å². The number of para-hydroxylation sites is 1. The lowest BCUT2D eigenvalue weighted by Crippen LogP contribution is -2.36. The van der Waals surface area contributed by atoms with Crippen LogP contribution >= 0.6 is 11.8 Å². The van der Waals surface area contributed by atoms with E-state index in [0.29, 0.717) is 40.4 Å². The zero-order chi connectivity index (χ0) is 20.3. The second-order valence-corrected chi connectivity index (χ2v) is 9.35. The van der Waals surface area contributed by atoms with Gasteiger partial charge in [-0.25, -0.2) is 4.98 Å². The zero-order valence-corrected chi connectivity index (χ0v) is 18.1. The van der Waals surface area contributed by atoms with Crippen molar-refractivity contribution in [1.29, 1.82) is 0 Å². The number of amides is 1. The van der Waals surface area contributed by atoms with Crippen LogP contribution in [0.25, 0.3) is 10.9 Å². The summed E-state index contributed by atoms with van der Waals surface area (Å²) >= 11 is 1.37. The third-order valence-corrected chi connectivity index (χ3v) is 6.76. The van der Waals surface area contributed by atoms with E-state index in [-0.39, 0.29) is 23.3 Å². The van der Waals surface area contributed by atoms with E-state index in [4.69, 9.17) is 4.98 Å². The summed E-state index contributed by atoms with van der Waals surface area (Å²) in [5.41, 5.74) is 0.715. The molecule has 1 saturated carbocycles. The SMILES string of the molecule is CC(C)CNC(=O)CSc1nc2ccccc2c(=O)n1[C@@H]1CCC[C@@H](C)[C@@H]1C. The summed E-state index contributed by atoms with van der Waals surface area (Å²) in [6.07, 6.45) is 3.31. The first-order valence-electron chi connectivity index (χ1n) is 10.3. The highest BCUT2D eigenvalue weighted by Crippen LogP contribution is 2.38. The summed E-state index contributed by atoms with van der Waals surface area (Å²) in [6, 6.07) is 7.64. The van der Waals surface area contributed by atoms with Crippen molar-refractivity contribution in [3.05, 3.63) is 34.6 Å². The molecule has 152 valence electrons. The van der Waals surface area contributed by atoms with Crippen LogP contribution in [0.15, 0.2) is 34.2 Å². The standard InChI is InChI=1S/C22H31N3O2S/c1-14(2)12-23-20(26)13-28-22-24-18-10-6-5-9-17(18)21(27)25(22)19-11-7-8-15(3)16(19)4/h5-6,9-10,14-16,19H,7-8,11-13H2,1-4H3,(H,23,26)/t15-,16+,19-/m1/s1. The molecule has 0 bridgehead atoms. The van der Waals surface area contributed by atoms with Gasteiger partial charge in [-0.3, -0.25) is 14.2 Å². The fraction of sp³-hybridized carbons (Fsp3) is 0.591. The summed E-state index contributed by atoms with van der Waals surface area (Å²) in [5.74, 6) is 1.65. The van der Waals surface area contributed by atoms with Gasteiger partial charge in [-0.2, -0.15) is 0 Å². The minimum absolute atomic E-state index is 0.0154. The van der Waals surface area contributed by atoms with Crippen molar-refractivity contribution in [2.45, 2.75) is 58.2 Å². The number of thioether (sulfide) groups is 1. The fourth-order valence-corrected chi connectivity index (χ4v) is 4.82. The van der Waals surface area contributed by atoms with Crippen LogP contribution in [0.3, 0.4) is 0 Å². The van der Waals surface area contributed by atoms with Gasteiger partial charge in [0, 0.05) is 12.6 Å². The monoisotopic (exact) mass is 401 g/mol. The highest BCUT2D eigenvalue weighted by atomic mass is 32.2. The molecule has 1 heterocycles. The minimum atomic E-state index is -0.0160. The second kappa shape index (κ2) is 9.12. The number of hydrogen-bond donors (Lipinski definition) is 1. The van der Waals surface area contributed by atoms with E-state index < -0.39 is 0 Å². The first kappa shape index (κ1) is 20.9.